The minimum absolute atomic E-state index is 0.0695. The van der Waals surface area contributed by atoms with Crippen LogP contribution in [0.4, 0.5) is 14.6 Å². The van der Waals surface area contributed by atoms with Crippen LogP contribution in [0.2, 0.25) is 0 Å². The van der Waals surface area contributed by atoms with Gasteiger partial charge in [-0.25, -0.2) is 13.5 Å². The summed E-state index contributed by atoms with van der Waals surface area (Å²) in [4.78, 5) is 38.5. The molecule has 5 N–H and O–H groups in total. The average molecular weight is 525 g/mol. The van der Waals surface area contributed by atoms with E-state index in [-0.39, 0.29) is 47.6 Å². The van der Waals surface area contributed by atoms with E-state index in [1.165, 1.54) is 23.9 Å². The van der Waals surface area contributed by atoms with Crippen molar-refractivity contribution >= 4 is 23.5 Å². The summed E-state index contributed by atoms with van der Waals surface area (Å²) in [5.74, 6) is -2.21. The maximum Gasteiger partial charge on any atom is 0.255 e. The van der Waals surface area contributed by atoms with Crippen molar-refractivity contribution in [2.24, 2.45) is 11.7 Å². The fourth-order valence-electron chi connectivity index (χ4n) is 4.53. The van der Waals surface area contributed by atoms with Crippen molar-refractivity contribution in [2.75, 3.05) is 25.9 Å². The predicted molar refractivity (Wildman–Crippen MR) is 133 cm³/mol. The fraction of sp³-hybridized carbons (Fsp3) is 0.308. The Kier molecular flexibility index (Phi) is 6.47. The molecule has 1 saturated heterocycles. The van der Waals surface area contributed by atoms with E-state index in [9.17, 15) is 23.2 Å². The van der Waals surface area contributed by atoms with E-state index in [1.54, 1.807) is 29.2 Å². The average Bonchev–Trinajstić information content (AvgIpc) is 3.51. The summed E-state index contributed by atoms with van der Waals surface area (Å²) < 4.78 is 33.4. The zero-order valence-electron chi connectivity index (χ0n) is 20.5. The number of hydrogen-bond acceptors (Lipinski definition) is 6. The third-order valence-electron chi connectivity index (χ3n) is 6.83. The van der Waals surface area contributed by atoms with Crippen molar-refractivity contribution in [3.05, 3.63) is 65.0 Å². The van der Waals surface area contributed by atoms with Gasteiger partial charge in [0.05, 0.1) is 24.6 Å². The van der Waals surface area contributed by atoms with Gasteiger partial charge in [-0.05, 0) is 30.2 Å². The van der Waals surface area contributed by atoms with Gasteiger partial charge in [-0.15, -0.1) is 0 Å². The number of carbonyl (C=O) groups excluding carboxylic acids is 3. The van der Waals surface area contributed by atoms with Crippen LogP contribution < -0.4 is 21.5 Å². The predicted octanol–water partition coefficient (Wildman–Crippen LogP) is 2.05. The summed E-state index contributed by atoms with van der Waals surface area (Å²) in [5.41, 5.74) is 13.6. The second-order valence-electron chi connectivity index (χ2n) is 9.40. The van der Waals surface area contributed by atoms with Crippen LogP contribution in [0.5, 0.6) is 5.75 Å². The van der Waals surface area contributed by atoms with E-state index in [1.807, 2.05) is 0 Å². The molecule has 0 bridgehead atoms. The van der Waals surface area contributed by atoms with E-state index in [0.29, 0.717) is 24.3 Å². The molecular weight excluding hydrogens is 498 g/mol. The van der Waals surface area contributed by atoms with Crippen molar-refractivity contribution in [3.63, 3.8) is 0 Å². The third kappa shape index (κ3) is 4.64. The molecule has 1 saturated carbocycles. The van der Waals surface area contributed by atoms with Gasteiger partial charge in [0.25, 0.3) is 11.8 Å². The van der Waals surface area contributed by atoms with Crippen LogP contribution in [0.25, 0.3) is 11.3 Å². The van der Waals surface area contributed by atoms with Crippen molar-refractivity contribution < 1.29 is 27.9 Å². The number of nitrogens with one attached hydrogen (secondary N) is 1. The number of amides is 3. The second-order valence-corrected chi connectivity index (χ2v) is 9.40. The number of alkyl halides is 1. The van der Waals surface area contributed by atoms with Crippen LogP contribution in [-0.2, 0) is 11.3 Å². The number of methoxy groups -OCH3 is 1. The Morgan fingerprint density at radius 2 is 1.84 bits per heavy atom. The van der Waals surface area contributed by atoms with E-state index in [4.69, 9.17) is 16.2 Å². The summed E-state index contributed by atoms with van der Waals surface area (Å²) in [5, 5.41) is 7.25. The van der Waals surface area contributed by atoms with E-state index in [0.717, 1.165) is 11.6 Å². The van der Waals surface area contributed by atoms with Crippen molar-refractivity contribution in [1.29, 1.82) is 0 Å². The first kappa shape index (κ1) is 25.2. The molecule has 5 rings (SSSR count). The summed E-state index contributed by atoms with van der Waals surface area (Å²) >= 11 is 0. The van der Waals surface area contributed by atoms with Gasteiger partial charge in [-0.1, -0.05) is 24.3 Å². The molecule has 1 aliphatic heterocycles. The molecule has 0 radical (unpaired) electrons. The normalized spacial score (nSPS) is 18.6. The molecule has 2 atom stereocenters. The molecule has 2 fully saturated rings. The van der Waals surface area contributed by atoms with Crippen molar-refractivity contribution in [3.8, 4) is 17.0 Å². The van der Waals surface area contributed by atoms with Crippen LogP contribution in [0.3, 0.4) is 0 Å². The maximum absolute atomic E-state index is 13.6. The van der Waals surface area contributed by atoms with Crippen LogP contribution in [0, 0.1) is 11.7 Å². The third-order valence-corrected chi connectivity index (χ3v) is 6.83. The first-order chi connectivity index (χ1) is 18.2. The number of likely N-dealkylation sites (tertiary alicyclic amines) is 1. The Morgan fingerprint density at radius 3 is 2.45 bits per heavy atom. The zero-order valence-corrected chi connectivity index (χ0v) is 20.5. The molecule has 2 aliphatic rings. The lowest BCUT2D eigenvalue weighted by Crippen LogP contribution is -2.52. The Morgan fingerprint density at radius 1 is 1.16 bits per heavy atom. The summed E-state index contributed by atoms with van der Waals surface area (Å²) in [7, 11) is 1.40. The smallest absolute Gasteiger partial charge is 0.255 e. The van der Waals surface area contributed by atoms with Crippen molar-refractivity contribution in [1.82, 2.24) is 20.0 Å². The number of aromatic nitrogens is 2. The molecule has 2 aromatic carbocycles. The van der Waals surface area contributed by atoms with Gasteiger partial charge in [0.2, 0.25) is 5.91 Å². The molecule has 198 valence electrons. The molecular formula is C26H26F2N6O4. The molecule has 3 amide bonds. The highest BCUT2D eigenvalue weighted by molar-refractivity contribution is 6.03. The molecule has 1 aromatic heterocycles. The summed E-state index contributed by atoms with van der Waals surface area (Å²) in [6.07, 6.45) is -0.803. The SMILES string of the molecule is COc1ccc(F)cc1C(=O)NCc1ccc(-c2nn(C3CN(C(=O)[C@@H]4C[C@@H]4F)C3)c(N)c2C(N)=O)cc1. The number of hydrogen-bond donors (Lipinski definition) is 3. The van der Waals surface area contributed by atoms with Gasteiger partial charge in [0.1, 0.15) is 34.8 Å². The Bertz CT molecular complexity index is 1420. The number of halogens is 2. The number of benzene rings is 2. The number of nitrogen functional groups attached to an aromatic ring is 1. The van der Waals surface area contributed by atoms with Crippen LogP contribution in [0.1, 0.15) is 38.7 Å². The Labute approximate surface area is 216 Å². The molecule has 12 heteroatoms. The van der Waals surface area contributed by atoms with Gasteiger partial charge in [-0.3, -0.25) is 14.4 Å². The number of primary amides is 1. The minimum Gasteiger partial charge on any atom is -0.496 e. The lowest BCUT2D eigenvalue weighted by Gasteiger charge is -2.39. The largest absolute Gasteiger partial charge is 0.496 e. The zero-order chi connectivity index (χ0) is 27.1. The number of ether oxygens (including phenoxy) is 1. The highest BCUT2D eigenvalue weighted by atomic mass is 19.1. The number of carbonyl (C=O) groups is 3. The summed E-state index contributed by atoms with van der Waals surface area (Å²) in [6.45, 7) is 0.797. The highest BCUT2D eigenvalue weighted by Gasteiger charge is 2.48. The summed E-state index contributed by atoms with van der Waals surface area (Å²) in [6, 6.07) is 10.4. The monoisotopic (exact) mass is 524 g/mol. The van der Waals surface area contributed by atoms with Crippen LogP contribution in [-0.4, -0.2) is 58.8 Å². The van der Waals surface area contributed by atoms with E-state index in [2.05, 4.69) is 10.4 Å². The number of nitrogens with zero attached hydrogens (tertiary/aromatic N) is 3. The van der Waals surface area contributed by atoms with Gasteiger partial charge < -0.3 is 26.4 Å². The number of anilines is 1. The first-order valence-corrected chi connectivity index (χ1v) is 12.0. The number of rotatable bonds is 8. The number of nitrogens with two attached hydrogens (primary N) is 2. The molecule has 3 aromatic rings. The molecule has 0 spiro atoms. The molecule has 38 heavy (non-hydrogen) atoms. The lowest BCUT2D eigenvalue weighted by molar-refractivity contribution is -0.139. The van der Waals surface area contributed by atoms with Gasteiger partial charge >= 0.3 is 0 Å². The van der Waals surface area contributed by atoms with Gasteiger partial charge in [0, 0.05) is 25.2 Å². The molecule has 0 unspecified atom stereocenters. The van der Waals surface area contributed by atoms with Gasteiger partial charge in [-0.2, -0.15) is 5.10 Å². The molecule has 1 aliphatic carbocycles. The first-order valence-electron chi connectivity index (χ1n) is 12.0. The Hall–Kier alpha value is -4.48. The van der Waals surface area contributed by atoms with Crippen molar-refractivity contribution in [2.45, 2.75) is 25.2 Å². The minimum atomic E-state index is -1.06. The second kappa shape index (κ2) is 9.77. The molecule has 2 heterocycles. The quantitative estimate of drug-likeness (QED) is 0.411. The highest BCUT2D eigenvalue weighted by Crippen LogP contribution is 2.39. The lowest BCUT2D eigenvalue weighted by atomic mass is 10.0. The van der Waals surface area contributed by atoms with E-state index < -0.39 is 29.7 Å². The maximum atomic E-state index is 13.6. The van der Waals surface area contributed by atoms with E-state index >= 15 is 0 Å². The standard InChI is InChI=1S/C26H26F2N6O4/c1-38-20-7-6-15(27)8-18(20)25(36)31-10-13-2-4-14(5-3-13)22-21(24(30)35)23(29)34(32-22)16-11-33(12-16)26(37)17-9-19(17)28/h2-8,16-17,19H,9-12,29H2,1H3,(H2,30,35)(H,31,36)/t17-,19+/m1/s1. The van der Waals surface area contributed by atoms with Crippen LogP contribution in [0.15, 0.2) is 42.5 Å². The molecule has 10 nitrogen and oxygen atoms in total. The topological polar surface area (TPSA) is 146 Å². The Balaban J connectivity index is 1.29. The van der Waals surface area contributed by atoms with Gasteiger partial charge in [0.15, 0.2) is 0 Å². The fourth-order valence-corrected chi connectivity index (χ4v) is 4.53. The van der Waals surface area contributed by atoms with Crippen LogP contribution >= 0.6 is 0 Å².